The third-order valence-corrected chi connectivity index (χ3v) is 4.18. The van der Waals surface area contributed by atoms with Crippen LogP contribution in [0.5, 0.6) is 0 Å². The van der Waals surface area contributed by atoms with Crippen molar-refractivity contribution in [2.75, 3.05) is 19.6 Å². The molecule has 1 N–H and O–H groups in total. The van der Waals surface area contributed by atoms with Crippen LogP contribution in [0, 0.1) is 0 Å². The Labute approximate surface area is 148 Å². The van der Waals surface area contributed by atoms with Crippen molar-refractivity contribution in [1.29, 1.82) is 0 Å². The Balaban J connectivity index is 1.74. The van der Waals surface area contributed by atoms with E-state index < -0.39 is 11.7 Å². The number of hydrogen-bond donors (Lipinski definition) is 1. The van der Waals surface area contributed by atoms with Crippen molar-refractivity contribution < 1.29 is 14.3 Å². The Morgan fingerprint density at radius 2 is 1.92 bits per heavy atom. The molecule has 0 unspecified atom stereocenters. The lowest BCUT2D eigenvalue weighted by Gasteiger charge is -2.39. The minimum absolute atomic E-state index is 0.0203. The summed E-state index contributed by atoms with van der Waals surface area (Å²) in [5, 5.41) is 2.93. The predicted octanol–water partition coefficient (Wildman–Crippen LogP) is 2.47. The van der Waals surface area contributed by atoms with Crippen LogP contribution in [0.3, 0.4) is 0 Å². The normalized spacial score (nSPS) is 18.7. The van der Waals surface area contributed by atoms with Gasteiger partial charge in [-0.1, -0.05) is 30.3 Å². The Morgan fingerprint density at radius 3 is 2.60 bits per heavy atom. The molecule has 2 heterocycles. The fourth-order valence-electron chi connectivity index (χ4n) is 3.13. The van der Waals surface area contributed by atoms with Crippen molar-refractivity contribution in [2.45, 2.75) is 39.3 Å². The minimum Gasteiger partial charge on any atom is -0.443 e. The molecule has 0 aromatic heterocycles. The summed E-state index contributed by atoms with van der Waals surface area (Å²) < 4.78 is 5.46. The smallest absolute Gasteiger partial charge is 0.415 e. The van der Waals surface area contributed by atoms with Gasteiger partial charge in [0.05, 0.1) is 5.70 Å². The Kier molecular flexibility index (Phi) is 4.81. The van der Waals surface area contributed by atoms with E-state index in [1.165, 1.54) is 10.5 Å². The summed E-state index contributed by atoms with van der Waals surface area (Å²) >= 11 is 0. The maximum absolute atomic E-state index is 12.5. The highest BCUT2D eigenvalue weighted by Gasteiger charge is 2.34. The summed E-state index contributed by atoms with van der Waals surface area (Å²) in [5.41, 5.74) is 2.33. The van der Waals surface area contributed by atoms with Crippen molar-refractivity contribution in [2.24, 2.45) is 0 Å². The van der Waals surface area contributed by atoms with Gasteiger partial charge >= 0.3 is 6.09 Å². The molecule has 2 aliphatic rings. The number of carbonyl (C=O) groups excluding carboxylic acids is 2. The van der Waals surface area contributed by atoms with Crippen LogP contribution in [0.15, 0.2) is 41.7 Å². The molecule has 134 valence electrons. The van der Waals surface area contributed by atoms with Gasteiger partial charge in [-0.2, -0.15) is 0 Å². The summed E-state index contributed by atoms with van der Waals surface area (Å²) in [6.45, 7) is 7.77. The van der Waals surface area contributed by atoms with Gasteiger partial charge in [0.2, 0.25) is 5.91 Å². The third kappa shape index (κ3) is 4.39. The van der Waals surface area contributed by atoms with Crippen molar-refractivity contribution in [3.63, 3.8) is 0 Å². The van der Waals surface area contributed by atoms with Crippen LogP contribution in [0.4, 0.5) is 4.79 Å². The molecule has 2 aliphatic heterocycles. The predicted molar refractivity (Wildman–Crippen MR) is 94.4 cm³/mol. The molecule has 0 saturated carbocycles. The minimum atomic E-state index is -0.584. The number of nitrogens with one attached hydrogen (secondary N) is 1. The molecule has 3 rings (SSSR count). The fraction of sp³-hybridized carbons (Fsp3) is 0.474. The molecule has 6 heteroatoms. The van der Waals surface area contributed by atoms with E-state index in [0.29, 0.717) is 13.0 Å². The molecule has 0 saturated heterocycles. The van der Waals surface area contributed by atoms with Gasteiger partial charge in [0, 0.05) is 31.8 Å². The molecule has 0 fully saturated rings. The first-order valence-corrected chi connectivity index (χ1v) is 8.60. The fourth-order valence-corrected chi connectivity index (χ4v) is 3.13. The Bertz CT molecular complexity index is 692. The van der Waals surface area contributed by atoms with Crippen LogP contribution in [0.1, 0.15) is 32.8 Å². The summed E-state index contributed by atoms with van der Waals surface area (Å²) in [6.07, 6.45) is 0.258. The highest BCUT2D eigenvalue weighted by molar-refractivity contribution is 5.86. The largest absolute Gasteiger partial charge is 0.443 e. The Hall–Kier alpha value is -2.34. The number of benzene rings is 1. The zero-order valence-electron chi connectivity index (χ0n) is 15.0. The van der Waals surface area contributed by atoms with Gasteiger partial charge in [-0.3, -0.25) is 14.6 Å². The first-order chi connectivity index (χ1) is 11.8. The van der Waals surface area contributed by atoms with Crippen LogP contribution >= 0.6 is 0 Å². The molecule has 2 amide bonds. The number of carbonyl (C=O) groups is 2. The molecule has 1 aromatic rings. The van der Waals surface area contributed by atoms with Crippen molar-refractivity contribution >= 4 is 12.0 Å². The lowest BCUT2D eigenvalue weighted by Crippen LogP contribution is -2.52. The maximum atomic E-state index is 12.5. The number of rotatable bonds is 2. The highest BCUT2D eigenvalue weighted by Crippen LogP contribution is 2.26. The van der Waals surface area contributed by atoms with E-state index >= 15 is 0 Å². The van der Waals surface area contributed by atoms with Gasteiger partial charge < -0.3 is 10.1 Å². The van der Waals surface area contributed by atoms with Crippen molar-refractivity contribution in [3.05, 3.63) is 47.3 Å². The molecule has 0 aliphatic carbocycles. The highest BCUT2D eigenvalue weighted by atomic mass is 16.6. The van der Waals surface area contributed by atoms with Crippen molar-refractivity contribution in [3.8, 4) is 0 Å². The monoisotopic (exact) mass is 343 g/mol. The lowest BCUT2D eigenvalue weighted by atomic mass is 10.1. The summed E-state index contributed by atoms with van der Waals surface area (Å²) in [4.78, 5) is 28.3. The Morgan fingerprint density at radius 1 is 1.20 bits per heavy atom. The van der Waals surface area contributed by atoms with Gasteiger partial charge in [-0.05, 0) is 26.3 Å². The average Bonchev–Trinajstić information content (AvgIpc) is 2.53. The molecular formula is C19H25N3O3. The van der Waals surface area contributed by atoms with Crippen molar-refractivity contribution in [1.82, 2.24) is 15.1 Å². The molecule has 1 aromatic carbocycles. The zero-order chi connectivity index (χ0) is 18.0. The van der Waals surface area contributed by atoms with Crippen LogP contribution in [0.2, 0.25) is 0 Å². The van der Waals surface area contributed by atoms with Gasteiger partial charge in [-0.15, -0.1) is 0 Å². The number of nitrogens with zero attached hydrogens (tertiary/aromatic N) is 2. The van der Waals surface area contributed by atoms with E-state index in [4.69, 9.17) is 4.74 Å². The van der Waals surface area contributed by atoms with Crippen LogP contribution in [0.25, 0.3) is 0 Å². The van der Waals surface area contributed by atoms with Crippen LogP contribution in [-0.4, -0.2) is 47.0 Å². The second-order valence-corrected chi connectivity index (χ2v) is 7.49. The quantitative estimate of drug-likeness (QED) is 0.896. The molecule has 0 bridgehead atoms. The SMILES string of the molecule is CC(C)(C)OC(=O)N1CC(=O)NC2=C1CCN(Cc1ccccc1)C2. The van der Waals surface area contributed by atoms with E-state index in [-0.39, 0.29) is 12.5 Å². The van der Waals surface area contributed by atoms with E-state index in [2.05, 4.69) is 22.3 Å². The summed E-state index contributed by atoms with van der Waals surface area (Å²) in [7, 11) is 0. The van der Waals surface area contributed by atoms with E-state index in [0.717, 1.165) is 24.5 Å². The average molecular weight is 343 g/mol. The zero-order valence-corrected chi connectivity index (χ0v) is 15.0. The summed E-state index contributed by atoms with van der Waals surface area (Å²) in [6, 6.07) is 10.2. The summed E-state index contributed by atoms with van der Waals surface area (Å²) in [5.74, 6) is -0.175. The topological polar surface area (TPSA) is 61.9 Å². The van der Waals surface area contributed by atoms with Gasteiger partial charge in [-0.25, -0.2) is 4.79 Å². The number of amides is 2. The first kappa shape index (κ1) is 17.5. The van der Waals surface area contributed by atoms with E-state index in [9.17, 15) is 9.59 Å². The number of ether oxygens (including phenoxy) is 1. The second kappa shape index (κ2) is 6.88. The van der Waals surface area contributed by atoms with Crippen LogP contribution in [-0.2, 0) is 16.1 Å². The number of hydrogen-bond acceptors (Lipinski definition) is 4. The van der Waals surface area contributed by atoms with Gasteiger partial charge in [0.1, 0.15) is 12.1 Å². The first-order valence-electron chi connectivity index (χ1n) is 8.60. The maximum Gasteiger partial charge on any atom is 0.415 e. The molecule has 0 spiro atoms. The van der Waals surface area contributed by atoms with Gasteiger partial charge in [0.25, 0.3) is 0 Å². The van der Waals surface area contributed by atoms with Gasteiger partial charge in [0.15, 0.2) is 0 Å². The lowest BCUT2D eigenvalue weighted by molar-refractivity contribution is -0.122. The standard InChI is InChI=1S/C19H25N3O3/c1-19(2,3)25-18(24)22-13-17(23)20-15-12-21(10-9-16(15)22)11-14-7-5-4-6-8-14/h4-8H,9-13H2,1-3H3,(H,20,23). The molecule has 0 radical (unpaired) electrons. The third-order valence-electron chi connectivity index (χ3n) is 4.18. The second-order valence-electron chi connectivity index (χ2n) is 7.49. The molecule has 0 atom stereocenters. The molecular weight excluding hydrogens is 318 g/mol. The van der Waals surface area contributed by atoms with E-state index in [1.807, 2.05) is 39.0 Å². The molecule has 6 nitrogen and oxygen atoms in total. The molecule has 25 heavy (non-hydrogen) atoms. The van der Waals surface area contributed by atoms with Crippen LogP contribution < -0.4 is 5.32 Å². The van der Waals surface area contributed by atoms with E-state index in [1.54, 1.807) is 0 Å².